The molecule has 0 unspecified atom stereocenters. The van der Waals surface area contributed by atoms with Crippen LogP contribution in [0.4, 0.5) is 0 Å². The van der Waals surface area contributed by atoms with Gasteiger partial charge in [-0.2, -0.15) is 0 Å². The quantitative estimate of drug-likeness (QED) is 0.928. The molecular formula is C16H18O4. The second-order valence-corrected chi connectivity index (χ2v) is 4.36. The van der Waals surface area contributed by atoms with Crippen molar-refractivity contribution >= 4 is 0 Å². The first kappa shape index (κ1) is 14.1. The summed E-state index contributed by atoms with van der Waals surface area (Å²) in [5, 5.41) is 10.0. The lowest BCUT2D eigenvalue weighted by molar-refractivity contribution is 0.350. The highest BCUT2D eigenvalue weighted by Gasteiger charge is 2.18. The molecule has 0 spiro atoms. The fourth-order valence-electron chi connectivity index (χ4n) is 2.15. The molecule has 0 saturated heterocycles. The third kappa shape index (κ3) is 2.37. The summed E-state index contributed by atoms with van der Waals surface area (Å²) in [6, 6.07) is 9.21. The summed E-state index contributed by atoms with van der Waals surface area (Å²) >= 11 is 0. The van der Waals surface area contributed by atoms with Gasteiger partial charge < -0.3 is 19.3 Å². The molecule has 0 aliphatic heterocycles. The highest BCUT2D eigenvalue weighted by molar-refractivity contribution is 5.77. The number of hydrogen-bond acceptors (Lipinski definition) is 4. The largest absolute Gasteiger partial charge is 0.508 e. The molecule has 0 radical (unpaired) electrons. The lowest BCUT2D eigenvalue weighted by atomic mass is 10.0. The SMILES string of the molecule is COc1ccc(-c2cc(O)c(C)c(OC)c2OC)cc1. The van der Waals surface area contributed by atoms with E-state index >= 15 is 0 Å². The minimum absolute atomic E-state index is 0.175. The Kier molecular flexibility index (Phi) is 4.03. The van der Waals surface area contributed by atoms with Crippen LogP contribution in [0.1, 0.15) is 5.56 Å². The van der Waals surface area contributed by atoms with Gasteiger partial charge in [0.15, 0.2) is 11.5 Å². The Morgan fingerprint density at radius 3 is 1.95 bits per heavy atom. The fraction of sp³-hybridized carbons (Fsp3) is 0.250. The van der Waals surface area contributed by atoms with Gasteiger partial charge in [-0.25, -0.2) is 0 Å². The summed E-state index contributed by atoms with van der Waals surface area (Å²) in [6.07, 6.45) is 0. The summed E-state index contributed by atoms with van der Waals surface area (Å²) < 4.78 is 15.9. The van der Waals surface area contributed by atoms with Gasteiger partial charge >= 0.3 is 0 Å². The molecule has 0 atom stereocenters. The molecule has 0 aliphatic rings. The predicted molar refractivity (Wildman–Crippen MR) is 77.9 cm³/mol. The van der Waals surface area contributed by atoms with E-state index in [1.54, 1.807) is 34.3 Å². The van der Waals surface area contributed by atoms with E-state index in [-0.39, 0.29) is 5.75 Å². The zero-order valence-corrected chi connectivity index (χ0v) is 12.1. The molecule has 2 aromatic rings. The van der Waals surface area contributed by atoms with Crippen LogP contribution in [0.3, 0.4) is 0 Å². The van der Waals surface area contributed by atoms with Crippen LogP contribution in [0.5, 0.6) is 23.0 Å². The molecule has 0 aliphatic carbocycles. The van der Waals surface area contributed by atoms with Gasteiger partial charge in [0, 0.05) is 11.1 Å². The van der Waals surface area contributed by atoms with Crippen molar-refractivity contribution < 1.29 is 19.3 Å². The first-order valence-electron chi connectivity index (χ1n) is 6.21. The third-order valence-corrected chi connectivity index (χ3v) is 3.27. The van der Waals surface area contributed by atoms with Gasteiger partial charge in [-0.05, 0) is 30.7 Å². The zero-order valence-electron chi connectivity index (χ0n) is 12.1. The summed E-state index contributed by atoms with van der Waals surface area (Å²) in [5.41, 5.74) is 2.34. The van der Waals surface area contributed by atoms with Gasteiger partial charge in [-0.1, -0.05) is 12.1 Å². The molecule has 4 nitrogen and oxygen atoms in total. The van der Waals surface area contributed by atoms with E-state index in [0.29, 0.717) is 17.1 Å². The van der Waals surface area contributed by atoms with Crippen LogP contribution in [-0.4, -0.2) is 26.4 Å². The summed E-state index contributed by atoms with van der Waals surface area (Å²) in [4.78, 5) is 0. The van der Waals surface area contributed by atoms with E-state index in [4.69, 9.17) is 14.2 Å². The van der Waals surface area contributed by atoms with Crippen molar-refractivity contribution in [2.45, 2.75) is 6.92 Å². The molecule has 2 rings (SSSR count). The van der Waals surface area contributed by atoms with Crippen molar-refractivity contribution in [3.63, 3.8) is 0 Å². The molecule has 4 heteroatoms. The predicted octanol–water partition coefficient (Wildman–Crippen LogP) is 3.39. The minimum atomic E-state index is 0.175. The summed E-state index contributed by atoms with van der Waals surface area (Å²) in [6.45, 7) is 1.79. The molecule has 0 bridgehead atoms. The molecule has 0 aromatic heterocycles. The van der Waals surface area contributed by atoms with Crippen molar-refractivity contribution in [1.29, 1.82) is 0 Å². The van der Waals surface area contributed by atoms with Gasteiger partial charge in [0.25, 0.3) is 0 Å². The number of rotatable bonds is 4. The average Bonchev–Trinajstić information content (AvgIpc) is 2.49. The molecule has 20 heavy (non-hydrogen) atoms. The van der Waals surface area contributed by atoms with Gasteiger partial charge in [-0.3, -0.25) is 0 Å². The second kappa shape index (κ2) is 5.74. The number of benzene rings is 2. The van der Waals surface area contributed by atoms with Gasteiger partial charge in [0.2, 0.25) is 0 Å². The highest BCUT2D eigenvalue weighted by Crippen LogP contribution is 2.44. The molecular weight excluding hydrogens is 256 g/mol. The Hall–Kier alpha value is -2.36. The van der Waals surface area contributed by atoms with Gasteiger partial charge in [-0.15, -0.1) is 0 Å². The number of phenols is 1. The monoisotopic (exact) mass is 274 g/mol. The smallest absolute Gasteiger partial charge is 0.169 e. The summed E-state index contributed by atoms with van der Waals surface area (Å²) in [5.74, 6) is 2.09. The lowest BCUT2D eigenvalue weighted by Gasteiger charge is -2.16. The Labute approximate surface area is 118 Å². The number of methoxy groups -OCH3 is 3. The van der Waals surface area contributed by atoms with Crippen LogP contribution in [0, 0.1) is 6.92 Å². The molecule has 106 valence electrons. The van der Waals surface area contributed by atoms with Crippen LogP contribution >= 0.6 is 0 Å². The lowest BCUT2D eigenvalue weighted by Crippen LogP contribution is -1.96. The number of phenolic OH excluding ortho intramolecular Hbond substituents is 1. The maximum atomic E-state index is 10.0. The van der Waals surface area contributed by atoms with E-state index in [1.165, 1.54) is 0 Å². The van der Waals surface area contributed by atoms with E-state index in [0.717, 1.165) is 16.9 Å². The molecule has 0 heterocycles. The van der Waals surface area contributed by atoms with E-state index in [9.17, 15) is 5.11 Å². The second-order valence-electron chi connectivity index (χ2n) is 4.36. The van der Waals surface area contributed by atoms with Gasteiger partial charge in [0.1, 0.15) is 11.5 Å². The van der Waals surface area contributed by atoms with E-state index in [1.807, 2.05) is 24.3 Å². The normalized spacial score (nSPS) is 10.2. The Morgan fingerprint density at radius 1 is 0.850 bits per heavy atom. The minimum Gasteiger partial charge on any atom is -0.508 e. The Bertz CT molecular complexity index is 603. The standard InChI is InChI=1S/C16H18O4/c1-10-14(17)9-13(16(20-4)15(10)19-3)11-5-7-12(18-2)8-6-11/h5-9,17H,1-4H3. The molecule has 0 amide bonds. The molecule has 2 aromatic carbocycles. The zero-order chi connectivity index (χ0) is 14.7. The highest BCUT2D eigenvalue weighted by atomic mass is 16.5. The van der Waals surface area contributed by atoms with Crippen LogP contribution in [0.25, 0.3) is 11.1 Å². The third-order valence-electron chi connectivity index (χ3n) is 3.27. The van der Waals surface area contributed by atoms with Crippen molar-refractivity contribution in [3.05, 3.63) is 35.9 Å². The van der Waals surface area contributed by atoms with E-state index in [2.05, 4.69) is 0 Å². The summed E-state index contributed by atoms with van der Waals surface area (Å²) in [7, 11) is 4.76. The van der Waals surface area contributed by atoms with Crippen molar-refractivity contribution in [3.8, 4) is 34.1 Å². The Morgan fingerprint density at radius 2 is 1.45 bits per heavy atom. The molecule has 0 fully saturated rings. The average molecular weight is 274 g/mol. The van der Waals surface area contributed by atoms with Crippen LogP contribution in [0.15, 0.2) is 30.3 Å². The number of aromatic hydroxyl groups is 1. The number of hydrogen-bond donors (Lipinski definition) is 1. The number of ether oxygens (including phenoxy) is 3. The van der Waals surface area contributed by atoms with Crippen molar-refractivity contribution in [2.75, 3.05) is 21.3 Å². The topological polar surface area (TPSA) is 47.9 Å². The molecule has 1 N–H and O–H groups in total. The first-order valence-corrected chi connectivity index (χ1v) is 6.21. The van der Waals surface area contributed by atoms with Crippen LogP contribution in [0.2, 0.25) is 0 Å². The van der Waals surface area contributed by atoms with Crippen LogP contribution in [-0.2, 0) is 0 Å². The van der Waals surface area contributed by atoms with E-state index < -0.39 is 0 Å². The Balaban J connectivity index is 2.62. The fourth-order valence-corrected chi connectivity index (χ4v) is 2.15. The molecule has 0 saturated carbocycles. The first-order chi connectivity index (χ1) is 9.62. The maximum Gasteiger partial charge on any atom is 0.169 e. The van der Waals surface area contributed by atoms with Crippen molar-refractivity contribution in [2.24, 2.45) is 0 Å². The van der Waals surface area contributed by atoms with Crippen LogP contribution < -0.4 is 14.2 Å². The maximum absolute atomic E-state index is 10.0. The van der Waals surface area contributed by atoms with Gasteiger partial charge in [0.05, 0.1) is 21.3 Å². The van der Waals surface area contributed by atoms with Crippen molar-refractivity contribution in [1.82, 2.24) is 0 Å².